The van der Waals surface area contributed by atoms with E-state index in [1.165, 1.54) is 0 Å². The fourth-order valence-corrected chi connectivity index (χ4v) is 8.22. The van der Waals surface area contributed by atoms with Gasteiger partial charge in [0.1, 0.15) is 32.5 Å². The van der Waals surface area contributed by atoms with Crippen LogP contribution in [0.1, 0.15) is 22.6 Å². The zero-order valence-corrected chi connectivity index (χ0v) is 26.2. The highest BCUT2D eigenvalue weighted by atomic mass is 35.5. The van der Waals surface area contributed by atoms with Gasteiger partial charge in [-0.2, -0.15) is 0 Å². The Balaban J connectivity index is 0.000000168. The minimum Gasteiger partial charge on any atom is -0.460 e. The van der Waals surface area contributed by atoms with E-state index in [1.807, 2.05) is 13.8 Å². The second-order valence-electron chi connectivity index (χ2n) is 9.89. The van der Waals surface area contributed by atoms with Crippen molar-refractivity contribution in [3.05, 3.63) is 118 Å². The van der Waals surface area contributed by atoms with Crippen molar-refractivity contribution in [2.24, 2.45) is 0 Å². The van der Waals surface area contributed by atoms with Crippen molar-refractivity contribution in [3.63, 3.8) is 0 Å². The molecular formula is C32H26Cl2O6S2. The maximum atomic E-state index is 12.8. The van der Waals surface area contributed by atoms with Crippen LogP contribution < -0.4 is 0 Å². The predicted octanol–water partition coefficient (Wildman–Crippen LogP) is 9.07. The van der Waals surface area contributed by atoms with E-state index >= 15 is 0 Å². The van der Waals surface area contributed by atoms with E-state index in [4.69, 9.17) is 32.0 Å². The van der Waals surface area contributed by atoms with Crippen LogP contribution >= 0.6 is 23.2 Å². The van der Waals surface area contributed by atoms with Crippen LogP contribution in [0.15, 0.2) is 113 Å². The molecule has 0 bridgehead atoms. The molecule has 0 atom stereocenters. The summed E-state index contributed by atoms with van der Waals surface area (Å²) in [4.78, 5) is 0.866. The third-order valence-corrected chi connectivity index (χ3v) is 11.1. The largest absolute Gasteiger partial charge is 0.460 e. The standard InChI is InChI=1S/2C16H13ClO3S/c2*1-10-3-6-13(7-4-10)21(18,19)16-11(2)20-15-8-5-12(17)9-14(15)16/h2*3-9H,1-2H3. The molecular weight excluding hydrogens is 615 g/mol. The third kappa shape index (κ3) is 5.60. The van der Waals surface area contributed by atoms with Gasteiger partial charge in [-0.3, -0.25) is 0 Å². The van der Waals surface area contributed by atoms with Gasteiger partial charge in [0.2, 0.25) is 19.7 Å². The van der Waals surface area contributed by atoms with E-state index in [-0.39, 0.29) is 19.6 Å². The van der Waals surface area contributed by atoms with E-state index < -0.39 is 19.7 Å². The Kier molecular flexibility index (Phi) is 8.02. The number of rotatable bonds is 4. The van der Waals surface area contributed by atoms with Gasteiger partial charge in [0.05, 0.1) is 9.79 Å². The summed E-state index contributed by atoms with van der Waals surface area (Å²) in [7, 11) is -7.28. The van der Waals surface area contributed by atoms with Crippen molar-refractivity contribution in [1.82, 2.24) is 0 Å². The lowest BCUT2D eigenvalue weighted by molar-refractivity contribution is 0.556. The molecule has 6 rings (SSSR count). The maximum absolute atomic E-state index is 12.8. The minimum absolute atomic E-state index is 0.184. The molecule has 6 aromatic rings. The van der Waals surface area contributed by atoms with Crippen LogP contribution in [0.3, 0.4) is 0 Å². The van der Waals surface area contributed by atoms with Crippen LogP contribution in [0.4, 0.5) is 0 Å². The van der Waals surface area contributed by atoms with Crippen LogP contribution in [-0.2, 0) is 19.7 Å². The molecule has 0 saturated carbocycles. The molecule has 0 aliphatic rings. The first-order valence-corrected chi connectivity index (χ1v) is 16.5. The van der Waals surface area contributed by atoms with Crippen LogP contribution in [0, 0.1) is 27.7 Å². The van der Waals surface area contributed by atoms with Gasteiger partial charge in [-0.25, -0.2) is 16.8 Å². The number of hydrogen-bond acceptors (Lipinski definition) is 6. The molecule has 0 aliphatic carbocycles. The first-order valence-electron chi connectivity index (χ1n) is 12.8. The Bertz CT molecular complexity index is 2000. The summed E-state index contributed by atoms with van der Waals surface area (Å²) >= 11 is 12.0. The smallest absolute Gasteiger partial charge is 0.210 e. The molecule has 0 amide bonds. The van der Waals surface area contributed by atoms with Gasteiger partial charge in [0.25, 0.3) is 0 Å². The average Bonchev–Trinajstić information content (AvgIpc) is 3.44. The number of aryl methyl sites for hydroxylation is 4. The molecule has 6 nitrogen and oxygen atoms in total. The zero-order valence-electron chi connectivity index (χ0n) is 23.1. The van der Waals surface area contributed by atoms with Crippen molar-refractivity contribution >= 4 is 64.8 Å². The average molecular weight is 642 g/mol. The van der Waals surface area contributed by atoms with E-state index in [0.717, 1.165) is 11.1 Å². The second-order valence-corrected chi connectivity index (χ2v) is 14.5. The summed E-state index contributed by atoms with van der Waals surface area (Å²) in [5.41, 5.74) is 3.04. The Hall–Kier alpha value is -3.56. The topological polar surface area (TPSA) is 94.6 Å². The number of hydrogen-bond donors (Lipinski definition) is 0. The molecule has 0 N–H and O–H groups in total. The number of halogens is 2. The summed E-state index contributed by atoms with van der Waals surface area (Å²) < 4.78 is 62.5. The fraction of sp³-hybridized carbons (Fsp3) is 0.125. The first-order chi connectivity index (χ1) is 19.8. The lowest BCUT2D eigenvalue weighted by Gasteiger charge is -2.04. The van der Waals surface area contributed by atoms with Crippen LogP contribution in [0.25, 0.3) is 21.9 Å². The van der Waals surface area contributed by atoms with Crippen molar-refractivity contribution in [2.45, 2.75) is 47.3 Å². The molecule has 42 heavy (non-hydrogen) atoms. The van der Waals surface area contributed by atoms with Crippen LogP contribution in [0.5, 0.6) is 0 Å². The van der Waals surface area contributed by atoms with E-state index in [2.05, 4.69) is 0 Å². The van der Waals surface area contributed by atoms with Gasteiger partial charge in [0.15, 0.2) is 0 Å². The van der Waals surface area contributed by atoms with Gasteiger partial charge < -0.3 is 8.83 Å². The molecule has 216 valence electrons. The summed E-state index contributed by atoms with van der Waals surface area (Å²) in [6.07, 6.45) is 0. The molecule has 0 spiro atoms. The maximum Gasteiger partial charge on any atom is 0.210 e. The molecule has 0 saturated heterocycles. The molecule has 0 aliphatic heterocycles. The lowest BCUT2D eigenvalue weighted by Crippen LogP contribution is -2.02. The van der Waals surface area contributed by atoms with Crippen molar-refractivity contribution in [2.75, 3.05) is 0 Å². The van der Waals surface area contributed by atoms with Gasteiger partial charge in [-0.1, -0.05) is 58.6 Å². The minimum atomic E-state index is -3.64. The number of sulfone groups is 2. The Morgan fingerprint density at radius 3 is 1.17 bits per heavy atom. The third-order valence-electron chi connectivity index (χ3n) is 6.74. The highest BCUT2D eigenvalue weighted by molar-refractivity contribution is 7.92. The quantitative estimate of drug-likeness (QED) is 0.191. The molecule has 2 aromatic heterocycles. The lowest BCUT2D eigenvalue weighted by atomic mass is 10.2. The van der Waals surface area contributed by atoms with E-state index in [9.17, 15) is 16.8 Å². The fourth-order valence-electron chi connectivity index (χ4n) is 4.68. The first kappa shape index (κ1) is 29.9. The molecule has 0 unspecified atom stereocenters. The molecule has 2 heterocycles. The zero-order chi connectivity index (χ0) is 30.4. The normalized spacial score (nSPS) is 12.0. The highest BCUT2D eigenvalue weighted by Gasteiger charge is 2.27. The van der Waals surface area contributed by atoms with Gasteiger partial charge in [0, 0.05) is 20.8 Å². The summed E-state index contributed by atoms with van der Waals surface area (Å²) in [5, 5.41) is 1.98. The molecule has 0 fully saturated rings. The Morgan fingerprint density at radius 2 is 0.833 bits per heavy atom. The predicted molar refractivity (Wildman–Crippen MR) is 165 cm³/mol. The van der Waals surface area contributed by atoms with Gasteiger partial charge in [-0.15, -0.1) is 0 Å². The summed E-state index contributed by atoms with van der Waals surface area (Å²) in [6.45, 7) is 7.12. The van der Waals surface area contributed by atoms with Crippen molar-refractivity contribution in [3.8, 4) is 0 Å². The van der Waals surface area contributed by atoms with Gasteiger partial charge in [-0.05, 0) is 88.4 Å². The monoisotopic (exact) mass is 640 g/mol. The Morgan fingerprint density at radius 1 is 0.500 bits per heavy atom. The Labute approximate surface area is 254 Å². The number of fused-ring (bicyclic) bond motifs is 2. The highest BCUT2D eigenvalue weighted by Crippen LogP contribution is 2.36. The van der Waals surface area contributed by atoms with Crippen molar-refractivity contribution < 1.29 is 25.7 Å². The molecule has 4 aromatic carbocycles. The van der Waals surface area contributed by atoms with Crippen LogP contribution in [-0.4, -0.2) is 16.8 Å². The SMILES string of the molecule is Cc1ccc(S(=O)(=O)c2c(C)oc3ccc(Cl)cc23)cc1.Cc1ccc(S(=O)(=O)c2c(C)oc3ccc(Cl)cc23)cc1. The number of furan rings is 2. The number of benzene rings is 4. The van der Waals surface area contributed by atoms with Gasteiger partial charge >= 0.3 is 0 Å². The van der Waals surface area contributed by atoms with E-state index in [1.54, 1.807) is 98.8 Å². The summed E-state index contributed by atoms with van der Waals surface area (Å²) in [5.74, 6) is 0.737. The second kappa shape index (κ2) is 11.3. The van der Waals surface area contributed by atoms with Crippen molar-refractivity contribution in [1.29, 1.82) is 0 Å². The molecule has 10 heteroatoms. The summed E-state index contributed by atoms with van der Waals surface area (Å²) in [6, 6.07) is 23.5. The van der Waals surface area contributed by atoms with E-state index in [0.29, 0.717) is 43.5 Å². The molecule has 0 radical (unpaired) electrons. The van der Waals surface area contributed by atoms with Crippen LogP contribution in [0.2, 0.25) is 10.0 Å².